The zero-order valence-electron chi connectivity index (χ0n) is 20.0. The van der Waals surface area contributed by atoms with Crippen molar-refractivity contribution in [3.63, 3.8) is 0 Å². The highest BCUT2D eigenvalue weighted by atomic mass is 16.3. The lowest BCUT2D eigenvalue weighted by Gasteiger charge is -2.34. The Balaban J connectivity index is 2.31. The summed E-state index contributed by atoms with van der Waals surface area (Å²) in [5.41, 5.74) is 5.51. The molecular weight excluding hydrogens is 412 g/mol. The smallest absolute Gasteiger partial charge is 0.0918 e. The Hall–Kier alpha value is -2.50. The molecule has 0 aliphatic rings. The molecule has 3 aromatic carbocycles. The lowest BCUT2D eigenvalue weighted by molar-refractivity contribution is -0.0849. The number of aliphatic hydroxyl groups excluding tert-OH is 4. The Kier molecular flexibility index (Phi) is 8.09. The molecule has 0 bridgehead atoms. The lowest BCUT2D eigenvalue weighted by atomic mass is 9.77. The quantitative estimate of drug-likeness (QED) is 0.360. The van der Waals surface area contributed by atoms with Crippen LogP contribution in [0.3, 0.4) is 0 Å². The molecule has 4 nitrogen and oxygen atoms in total. The molecule has 3 rings (SSSR count). The van der Waals surface area contributed by atoms with Gasteiger partial charge in [0.1, 0.15) is 0 Å². The second-order valence-electron chi connectivity index (χ2n) is 9.53. The van der Waals surface area contributed by atoms with Gasteiger partial charge in [0, 0.05) is 0 Å². The van der Waals surface area contributed by atoms with Gasteiger partial charge in [0.2, 0.25) is 0 Å². The van der Waals surface area contributed by atoms with Crippen LogP contribution in [0.5, 0.6) is 0 Å². The average molecular weight is 449 g/mol. The van der Waals surface area contributed by atoms with Crippen LogP contribution in [0.1, 0.15) is 62.3 Å². The van der Waals surface area contributed by atoms with Gasteiger partial charge in [-0.3, -0.25) is 0 Å². The second kappa shape index (κ2) is 10.6. The van der Waals surface area contributed by atoms with Crippen LogP contribution in [0, 0.1) is 5.41 Å². The molecule has 0 saturated heterocycles. The second-order valence-corrected chi connectivity index (χ2v) is 9.53. The van der Waals surface area contributed by atoms with Gasteiger partial charge >= 0.3 is 0 Å². The van der Waals surface area contributed by atoms with Gasteiger partial charge in [0.25, 0.3) is 0 Å². The zero-order chi connectivity index (χ0) is 24.2. The molecule has 33 heavy (non-hydrogen) atoms. The van der Waals surface area contributed by atoms with E-state index in [0.29, 0.717) is 11.5 Å². The summed E-state index contributed by atoms with van der Waals surface area (Å²) in [4.78, 5) is 0. The maximum atomic E-state index is 11.3. The molecule has 0 aliphatic carbocycles. The van der Waals surface area contributed by atoms with Gasteiger partial charge < -0.3 is 20.4 Å². The largest absolute Gasteiger partial charge is 0.395 e. The van der Waals surface area contributed by atoms with Crippen molar-refractivity contribution in [3.05, 3.63) is 83.4 Å². The van der Waals surface area contributed by atoms with Crippen LogP contribution >= 0.6 is 0 Å². The first-order valence-electron chi connectivity index (χ1n) is 11.6. The van der Waals surface area contributed by atoms with Crippen LogP contribution in [0.4, 0.5) is 0 Å². The fraction of sp³-hybridized carbons (Fsp3) is 0.379. The number of hydrogen-bond donors (Lipinski definition) is 4. The van der Waals surface area contributed by atoms with Gasteiger partial charge in [0.05, 0.1) is 31.3 Å². The summed E-state index contributed by atoms with van der Waals surface area (Å²) >= 11 is 0. The molecule has 0 spiro atoms. The molecule has 1 atom stereocenters. The highest BCUT2D eigenvalue weighted by Gasteiger charge is 2.39. The zero-order valence-corrected chi connectivity index (χ0v) is 20.0. The van der Waals surface area contributed by atoms with Crippen molar-refractivity contribution in [2.75, 3.05) is 19.8 Å². The fourth-order valence-corrected chi connectivity index (χ4v) is 4.44. The lowest BCUT2D eigenvalue weighted by Crippen LogP contribution is -2.40. The van der Waals surface area contributed by atoms with Crippen LogP contribution in [-0.2, 0) is 0 Å². The van der Waals surface area contributed by atoms with E-state index in [0.717, 1.165) is 27.8 Å². The van der Waals surface area contributed by atoms with Gasteiger partial charge in [-0.05, 0) is 56.8 Å². The Morgan fingerprint density at radius 2 is 1.09 bits per heavy atom. The molecule has 0 amide bonds. The van der Waals surface area contributed by atoms with E-state index in [1.807, 2.05) is 42.5 Å². The summed E-state index contributed by atoms with van der Waals surface area (Å²) in [5, 5.41) is 41.2. The molecule has 0 radical (unpaired) electrons. The van der Waals surface area contributed by atoms with Crippen molar-refractivity contribution in [3.8, 4) is 22.3 Å². The normalized spacial score (nSPS) is 13.0. The predicted molar refractivity (Wildman–Crippen MR) is 134 cm³/mol. The molecule has 4 N–H and O–H groups in total. The maximum absolute atomic E-state index is 11.3. The third-order valence-corrected chi connectivity index (χ3v) is 6.64. The summed E-state index contributed by atoms with van der Waals surface area (Å²) < 4.78 is 0. The van der Waals surface area contributed by atoms with Crippen molar-refractivity contribution in [2.24, 2.45) is 5.41 Å². The standard InChI is InChI=1S/C29H36O4/c1-19(2)22-9-5-7-11-24(22)21-13-14-26(28(33)29(16-30,17-31)18-32)27(15-21)25-12-8-6-10-23(25)20(3)4/h5-15,19-20,28,30-33H,16-18H2,1-4H3. The first-order chi connectivity index (χ1) is 15.8. The third kappa shape index (κ3) is 4.90. The molecular formula is C29H36O4. The Bertz CT molecular complexity index is 1060. The number of aliphatic hydroxyl groups is 4. The van der Waals surface area contributed by atoms with E-state index in [9.17, 15) is 20.4 Å². The summed E-state index contributed by atoms with van der Waals surface area (Å²) in [6.45, 7) is 6.99. The number of hydrogen-bond acceptors (Lipinski definition) is 4. The molecule has 1 unspecified atom stereocenters. The first kappa shape index (κ1) is 25.1. The summed E-state index contributed by atoms with van der Waals surface area (Å²) in [7, 11) is 0. The van der Waals surface area contributed by atoms with Crippen molar-refractivity contribution >= 4 is 0 Å². The Morgan fingerprint density at radius 1 is 0.606 bits per heavy atom. The van der Waals surface area contributed by atoms with E-state index in [1.54, 1.807) is 0 Å². The molecule has 3 aromatic rings. The van der Waals surface area contributed by atoms with E-state index in [-0.39, 0.29) is 5.92 Å². The maximum Gasteiger partial charge on any atom is 0.0918 e. The molecule has 176 valence electrons. The minimum atomic E-state index is -1.45. The summed E-state index contributed by atoms with van der Waals surface area (Å²) in [6, 6.07) is 22.3. The molecule has 0 heterocycles. The number of benzene rings is 3. The molecule has 4 heteroatoms. The van der Waals surface area contributed by atoms with Crippen molar-refractivity contribution < 1.29 is 20.4 Å². The van der Waals surface area contributed by atoms with Crippen LogP contribution in [0.25, 0.3) is 22.3 Å². The van der Waals surface area contributed by atoms with E-state index in [2.05, 4.69) is 52.0 Å². The number of rotatable bonds is 9. The first-order valence-corrected chi connectivity index (χ1v) is 11.6. The van der Waals surface area contributed by atoms with E-state index < -0.39 is 31.3 Å². The molecule has 0 saturated carbocycles. The summed E-state index contributed by atoms with van der Waals surface area (Å²) in [6.07, 6.45) is -1.25. The van der Waals surface area contributed by atoms with Crippen molar-refractivity contribution in [1.82, 2.24) is 0 Å². The van der Waals surface area contributed by atoms with Crippen LogP contribution in [-0.4, -0.2) is 40.2 Å². The average Bonchev–Trinajstić information content (AvgIpc) is 2.85. The van der Waals surface area contributed by atoms with E-state index in [1.165, 1.54) is 5.56 Å². The van der Waals surface area contributed by atoms with E-state index >= 15 is 0 Å². The minimum Gasteiger partial charge on any atom is -0.395 e. The van der Waals surface area contributed by atoms with Crippen molar-refractivity contribution in [1.29, 1.82) is 0 Å². The molecule has 0 aliphatic heterocycles. The van der Waals surface area contributed by atoms with Crippen LogP contribution in [0.15, 0.2) is 66.7 Å². The van der Waals surface area contributed by atoms with Crippen LogP contribution < -0.4 is 0 Å². The molecule has 0 aromatic heterocycles. The van der Waals surface area contributed by atoms with Gasteiger partial charge in [-0.1, -0.05) is 88.4 Å². The monoisotopic (exact) mass is 448 g/mol. The highest BCUT2D eigenvalue weighted by molar-refractivity contribution is 5.79. The molecule has 0 fully saturated rings. The highest BCUT2D eigenvalue weighted by Crippen LogP contribution is 2.42. The Morgan fingerprint density at radius 3 is 1.61 bits per heavy atom. The Labute approximate surface area is 197 Å². The SMILES string of the molecule is CC(C)c1ccccc1-c1ccc(C(O)C(CO)(CO)CO)c(-c2ccccc2C(C)C)c1. The van der Waals surface area contributed by atoms with Gasteiger partial charge in [-0.2, -0.15) is 0 Å². The van der Waals surface area contributed by atoms with Gasteiger partial charge in [0.15, 0.2) is 0 Å². The summed E-state index contributed by atoms with van der Waals surface area (Å²) in [5.74, 6) is 0.611. The minimum absolute atomic E-state index is 0.260. The van der Waals surface area contributed by atoms with Gasteiger partial charge in [-0.25, -0.2) is 0 Å². The van der Waals surface area contributed by atoms with Crippen LogP contribution in [0.2, 0.25) is 0 Å². The topological polar surface area (TPSA) is 80.9 Å². The van der Waals surface area contributed by atoms with Gasteiger partial charge in [-0.15, -0.1) is 0 Å². The third-order valence-electron chi connectivity index (χ3n) is 6.64. The predicted octanol–water partition coefficient (Wildman–Crippen LogP) is 5.26. The van der Waals surface area contributed by atoms with Crippen molar-refractivity contribution in [2.45, 2.75) is 45.6 Å². The fourth-order valence-electron chi connectivity index (χ4n) is 4.44. The van der Waals surface area contributed by atoms with E-state index in [4.69, 9.17) is 0 Å².